The van der Waals surface area contributed by atoms with Crippen molar-refractivity contribution in [1.29, 1.82) is 0 Å². The third-order valence-electron chi connectivity index (χ3n) is 3.96. The van der Waals surface area contributed by atoms with Crippen molar-refractivity contribution in [3.8, 4) is 11.5 Å². The largest absolute Gasteiger partial charge is 0.508 e. The van der Waals surface area contributed by atoms with Gasteiger partial charge in [0.2, 0.25) is 0 Å². The first-order valence-electron chi connectivity index (χ1n) is 9.14. The molecule has 0 radical (unpaired) electrons. The van der Waals surface area contributed by atoms with E-state index in [0.717, 1.165) is 22.9 Å². The standard InChI is InChI=1S/C17H16BrNO3.2C2H6/c18-12-4-1-3-11(9-12)15-5-2-8-19(15)17(22)14-7-6-13(20)10-16(14)21;2*1-2/h1,3-4,6-7,9-10,15,20-21H,2,5,8H2;2*1-2H3. The minimum Gasteiger partial charge on any atom is -0.508 e. The summed E-state index contributed by atoms with van der Waals surface area (Å²) in [5, 5.41) is 19.3. The maximum atomic E-state index is 12.7. The number of likely N-dealkylation sites (tertiary alicyclic amines) is 1. The van der Waals surface area contributed by atoms with Crippen LogP contribution in [0.25, 0.3) is 0 Å². The van der Waals surface area contributed by atoms with Crippen molar-refractivity contribution in [2.24, 2.45) is 0 Å². The van der Waals surface area contributed by atoms with Crippen molar-refractivity contribution in [2.45, 2.75) is 46.6 Å². The number of carbonyl (C=O) groups is 1. The van der Waals surface area contributed by atoms with Crippen molar-refractivity contribution >= 4 is 21.8 Å². The molecule has 1 aliphatic heterocycles. The Morgan fingerprint density at radius 2 is 1.77 bits per heavy atom. The van der Waals surface area contributed by atoms with Gasteiger partial charge in [-0.1, -0.05) is 55.8 Å². The molecule has 1 saturated heterocycles. The molecule has 26 heavy (non-hydrogen) atoms. The Bertz CT molecular complexity index is 718. The summed E-state index contributed by atoms with van der Waals surface area (Å²) < 4.78 is 0.983. The summed E-state index contributed by atoms with van der Waals surface area (Å²) in [6, 6.07) is 12.0. The van der Waals surface area contributed by atoms with E-state index in [9.17, 15) is 15.0 Å². The highest BCUT2D eigenvalue weighted by atomic mass is 79.9. The van der Waals surface area contributed by atoms with Crippen LogP contribution in [0.4, 0.5) is 0 Å². The Morgan fingerprint density at radius 1 is 1.08 bits per heavy atom. The SMILES string of the molecule is CC.CC.O=C(c1ccc(O)cc1O)N1CCCC1c1cccc(Br)c1. The minimum absolute atomic E-state index is 0.0122. The second-order valence-corrected chi connectivity index (χ2v) is 6.33. The molecule has 0 saturated carbocycles. The molecule has 0 aromatic heterocycles. The van der Waals surface area contributed by atoms with Crippen LogP contribution in [0.3, 0.4) is 0 Å². The lowest BCUT2D eigenvalue weighted by Gasteiger charge is -2.25. The van der Waals surface area contributed by atoms with Crippen LogP contribution < -0.4 is 0 Å². The smallest absolute Gasteiger partial charge is 0.258 e. The predicted octanol–water partition coefficient (Wildman–Crippen LogP) is 5.89. The Kier molecular flexibility index (Phi) is 9.21. The average molecular weight is 422 g/mol. The number of hydrogen-bond donors (Lipinski definition) is 2. The number of benzene rings is 2. The van der Waals surface area contributed by atoms with Crippen LogP contribution in [0.2, 0.25) is 0 Å². The van der Waals surface area contributed by atoms with Gasteiger partial charge in [-0.15, -0.1) is 0 Å². The minimum atomic E-state index is -0.208. The fourth-order valence-corrected chi connectivity index (χ4v) is 3.34. The van der Waals surface area contributed by atoms with Gasteiger partial charge in [0.05, 0.1) is 11.6 Å². The zero-order valence-electron chi connectivity index (χ0n) is 15.9. The third-order valence-corrected chi connectivity index (χ3v) is 4.45. The highest BCUT2D eigenvalue weighted by Gasteiger charge is 2.31. The van der Waals surface area contributed by atoms with E-state index in [1.165, 1.54) is 18.2 Å². The number of phenolic OH excluding ortho intramolecular Hbond substituents is 2. The number of aromatic hydroxyl groups is 2. The van der Waals surface area contributed by atoms with Gasteiger partial charge in [-0.05, 0) is 42.7 Å². The summed E-state index contributed by atoms with van der Waals surface area (Å²) in [7, 11) is 0. The third kappa shape index (κ3) is 5.24. The van der Waals surface area contributed by atoms with Gasteiger partial charge in [0, 0.05) is 17.1 Å². The number of carbonyl (C=O) groups excluding carboxylic acids is 1. The van der Waals surface area contributed by atoms with Crippen molar-refractivity contribution in [2.75, 3.05) is 6.54 Å². The highest BCUT2D eigenvalue weighted by Crippen LogP contribution is 2.35. The van der Waals surface area contributed by atoms with E-state index in [4.69, 9.17) is 0 Å². The number of phenols is 2. The second-order valence-electron chi connectivity index (χ2n) is 5.41. The summed E-state index contributed by atoms with van der Waals surface area (Å²) in [5.74, 6) is -0.455. The van der Waals surface area contributed by atoms with Crippen LogP contribution in [0, 0.1) is 0 Å². The van der Waals surface area contributed by atoms with Crippen molar-refractivity contribution in [3.63, 3.8) is 0 Å². The first kappa shape index (κ1) is 22.0. The average Bonchev–Trinajstić information content (AvgIpc) is 3.14. The van der Waals surface area contributed by atoms with E-state index in [2.05, 4.69) is 15.9 Å². The quantitative estimate of drug-likeness (QED) is 0.635. The van der Waals surface area contributed by atoms with Gasteiger partial charge in [0.25, 0.3) is 5.91 Å². The van der Waals surface area contributed by atoms with E-state index in [0.29, 0.717) is 6.54 Å². The highest BCUT2D eigenvalue weighted by molar-refractivity contribution is 9.10. The Morgan fingerprint density at radius 3 is 2.38 bits per heavy atom. The molecule has 1 unspecified atom stereocenters. The fraction of sp³-hybridized carbons (Fsp3) is 0.381. The van der Waals surface area contributed by atoms with Gasteiger partial charge < -0.3 is 15.1 Å². The Balaban J connectivity index is 0.000000791. The molecule has 1 amide bonds. The number of nitrogens with zero attached hydrogens (tertiary/aromatic N) is 1. The first-order chi connectivity index (χ1) is 12.6. The van der Waals surface area contributed by atoms with E-state index in [-0.39, 0.29) is 29.0 Å². The van der Waals surface area contributed by atoms with Crippen LogP contribution in [0.5, 0.6) is 11.5 Å². The molecule has 0 aliphatic carbocycles. The van der Waals surface area contributed by atoms with E-state index >= 15 is 0 Å². The summed E-state index contributed by atoms with van der Waals surface area (Å²) >= 11 is 3.46. The van der Waals surface area contributed by atoms with Gasteiger partial charge in [0.15, 0.2) is 0 Å². The molecule has 0 bridgehead atoms. The van der Waals surface area contributed by atoms with Crippen LogP contribution in [-0.4, -0.2) is 27.6 Å². The molecule has 2 aromatic rings. The molecule has 5 heteroatoms. The molecule has 2 N–H and O–H groups in total. The lowest BCUT2D eigenvalue weighted by molar-refractivity contribution is 0.0732. The van der Waals surface area contributed by atoms with E-state index in [1.807, 2.05) is 52.0 Å². The topological polar surface area (TPSA) is 60.8 Å². The van der Waals surface area contributed by atoms with E-state index < -0.39 is 0 Å². The Labute approximate surface area is 164 Å². The maximum Gasteiger partial charge on any atom is 0.258 e. The molecular weight excluding hydrogens is 394 g/mol. The van der Waals surface area contributed by atoms with Gasteiger partial charge in [-0.2, -0.15) is 0 Å². The zero-order valence-corrected chi connectivity index (χ0v) is 17.5. The lowest BCUT2D eigenvalue weighted by Crippen LogP contribution is -2.30. The van der Waals surface area contributed by atoms with E-state index in [1.54, 1.807) is 4.90 Å². The second kappa shape index (κ2) is 10.9. The molecule has 1 fully saturated rings. The summed E-state index contributed by atoms with van der Waals surface area (Å²) in [4.78, 5) is 14.5. The molecule has 1 aliphatic rings. The number of rotatable bonds is 2. The molecule has 2 aromatic carbocycles. The number of halogens is 1. The number of amides is 1. The van der Waals surface area contributed by atoms with Crippen LogP contribution in [0.1, 0.15) is 62.5 Å². The normalized spacial score (nSPS) is 15.4. The maximum absolute atomic E-state index is 12.7. The molecule has 3 rings (SSSR count). The summed E-state index contributed by atoms with van der Waals surface area (Å²) in [6.07, 6.45) is 1.84. The van der Waals surface area contributed by atoms with Crippen molar-refractivity contribution in [3.05, 3.63) is 58.1 Å². The molecule has 4 nitrogen and oxygen atoms in total. The number of hydrogen-bond acceptors (Lipinski definition) is 3. The summed E-state index contributed by atoms with van der Waals surface area (Å²) in [5.41, 5.74) is 1.30. The molecular formula is C21H28BrNO3. The van der Waals surface area contributed by atoms with Gasteiger partial charge in [-0.25, -0.2) is 0 Å². The molecule has 1 atom stereocenters. The van der Waals surface area contributed by atoms with Gasteiger partial charge in [-0.3, -0.25) is 4.79 Å². The summed E-state index contributed by atoms with van der Waals surface area (Å²) in [6.45, 7) is 8.66. The zero-order chi connectivity index (χ0) is 19.7. The molecule has 1 heterocycles. The lowest BCUT2D eigenvalue weighted by atomic mass is 10.0. The molecule has 0 spiro atoms. The van der Waals surface area contributed by atoms with Gasteiger partial charge in [0.1, 0.15) is 11.5 Å². The van der Waals surface area contributed by atoms with Crippen molar-refractivity contribution in [1.82, 2.24) is 4.90 Å². The Hall–Kier alpha value is -2.01. The first-order valence-corrected chi connectivity index (χ1v) is 9.94. The monoisotopic (exact) mass is 421 g/mol. The van der Waals surface area contributed by atoms with Gasteiger partial charge >= 0.3 is 0 Å². The predicted molar refractivity (Wildman–Crippen MR) is 110 cm³/mol. The van der Waals surface area contributed by atoms with Crippen LogP contribution in [-0.2, 0) is 0 Å². The van der Waals surface area contributed by atoms with Crippen molar-refractivity contribution < 1.29 is 15.0 Å². The molecule has 142 valence electrons. The fourth-order valence-electron chi connectivity index (χ4n) is 2.93. The van der Waals surface area contributed by atoms with Crippen LogP contribution >= 0.6 is 15.9 Å². The van der Waals surface area contributed by atoms with Crippen LogP contribution in [0.15, 0.2) is 46.9 Å².